The van der Waals surface area contributed by atoms with Crippen molar-refractivity contribution in [3.05, 3.63) is 30.6 Å². The van der Waals surface area contributed by atoms with E-state index in [0.29, 0.717) is 10.5 Å². The van der Waals surface area contributed by atoms with Crippen LogP contribution in [0.15, 0.2) is 35.6 Å². The third-order valence-electron chi connectivity index (χ3n) is 2.19. The Morgan fingerprint density at radius 1 is 1.44 bits per heavy atom. The van der Waals surface area contributed by atoms with Gasteiger partial charge < -0.3 is 4.74 Å². The minimum absolute atomic E-state index is 0.157. The van der Waals surface area contributed by atoms with E-state index in [-0.39, 0.29) is 6.61 Å². The van der Waals surface area contributed by atoms with Gasteiger partial charge in [0.1, 0.15) is 11.4 Å². The van der Waals surface area contributed by atoms with Gasteiger partial charge in [0, 0.05) is 5.39 Å². The van der Waals surface area contributed by atoms with Gasteiger partial charge >= 0.3 is 5.97 Å². The third-order valence-corrected chi connectivity index (χ3v) is 3.14. The van der Waals surface area contributed by atoms with Crippen molar-refractivity contribution in [3.63, 3.8) is 0 Å². The summed E-state index contributed by atoms with van der Waals surface area (Å²) in [5.74, 6) is -0.884. The Labute approximate surface area is 108 Å². The second-order valence-corrected chi connectivity index (χ2v) is 4.42. The summed E-state index contributed by atoms with van der Waals surface area (Å²) in [6, 6.07) is 7.24. The number of aromatic nitrogens is 2. The van der Waals surface area contributed by atoms with Gasteiger partial charge in [0.15, 0.2) is 0 Å². The first kappa shape index (κ1) is 12.8. The van der Waals surface area contributed by atoms with Crippen LogP contribution in [0.2, 0.25) is 0 Å². The van der Waals surface area contributed by atoms with Gasteiger partial charge in [0.2, 0.25) is 5.50 Å². The molecular weight excluding hydrogens is 255 g/mol. The number of halogens is 1. The number of hydrogen-bond donors (Lipinski definition) is 0. The molecule has 0 aliphatic rings. The summed E-state index contributed by atoms with van der Waals surface area (Å²) in [5.41, 5.74) is -1.06. The predicted molar refractivity (Wildman–Crippen MR) is 66.9 cm³/mol. The predicted octanol–water partition coefficient (Wildman–Crippen LogP) is 2.58. The molecule has 1 aromatic carbocycles. The van der Waals surface area contributed by atoms with Crippen molar-refractivity contribution < 1.29 is 13.9 Å². The molecule has 0 aliphatic carbocycles. The number of alkyl halides is 1. The van der Waals surface area contributed by atoms with E-state index < -0.39 is 11.5 Å². The topological polar surface area (TPSA) is 52.1 Å². The number of benzene rings is 1. The number of carbonyl (C=O) groups excluding carboxylic acids is 1. The molecule has 94 valence electrons. The van der Waals surface area contributed by atoms with Gasteiger partial charge in [-0.05, 0) is 13.0 Å². The minimum Gasteiger partial charge on any atom is -0.463 e. The number of ether oxygens (including phenoxy) is 1. The number of para-hydroxylation sites is 1. The zero-order valence-electron chi connectivity index (χ0n) is 9.67. The maximum Gasteiger partial charge on any atom is 0.351 e. The first-order valence-electron chi connectivity index (χ1n) is 5.39. The highest BCUT2D eigenvalue weighted by atomic mass is 32.2. The zero-order valence-corrected chi connectivity index (χ0v) is 10.5. The molecule has 0 amide bonds. The van der Waals surface area contributed by atoms with Gasteiger partial charge in [0.25, 0.3) is 0 Å². The van der Waals surface area contributed by atoms with Crippen LogP contribution in [0.25, 0.3) is 10.9 Å². The average molecular weight is 266 g/mol. The Morgan fingerprint density at radius 2 is 2.22 bits per heavy atom. The van der Waals surface area contributed by atoms with E-state index in [4.69, 9.17) is 0 Å². The molecule has 1 atom stereocenters. The molecule has 6 heteroatoms. The van der Waals surface area contributed by atoms with Crippen molar-refractivity contribution in [1.29, 1.82) is 0 Å². The molecule has 0 N–H and O–H groups in total. The fraction of sp³-hybridized carbons (Fsp3) is 0.250. The van der Waals surface area contributed by atoms with Crippen molar-refractivity contribution in [2.75, 3.05) is 6.61 Å². The molecule has 1 unspecified atom stereocenters. The molecular formula is C12H11FN2O2S. The molecule has 0 bridgehead atoms. The van der Waals surface area contributed by atoms with Crippen molar-refractivity contribution in [2.24, 2.45) is 0 Å². The van der Waals surface area contributed by atoms with Crippen LogP contribution >= 0.6 is 11.8 Å². The second kappa shape index (κ2) is 5.77. The number of nitrogens with zero attached hydrogens (tertiary/aromatic N) is 2. The summed E-state index contributed by atoms with van der Waals surface area (Å²) < 4.78 is 18.2. The maximum absolute atomic E-state index is 13.6. The van der Waals surface area contributed by atoms with E-state index >= 15 is 0 Å². The van der Waals surface area contributed by atoms with Crippen LogP contribution in [-0.2, 0) is 9.53 Å². The summed E-state index contributed by atoms with van der Waals surface area (Å²) in [6.45, 7) is 1.79. The number of fused-ring (bicyclic) bond motifs is 1. The van der Waals surface area contributed by atoms with Crippen molar-refractivity contribution in [1.82, 2.24) is 9.97 Å². The van der Waals surface area contributed by atoms with Crippen LogP contribution in [0, 0.1) is 0 Å². The van der Waals surface area contributed by atoms with E-state index in [2.05, 4.69) is 14.7 Å². The Bertz CT molecular complexity index is 559. The second-order valence-electron chi connectivity index (χ2n) is 3.38. The van der Waals surface area contributed by atoms with Crippen LogP contribution in [0.3, 0.4) is 0 Å². The number of rotatable bonds is 4. The summed E-state index contributed by atoms with van der Waals surface area (Å²) >= 11 is 0.729. The smallest absolute Gasteiger partial charge is 0.351 e. The van der Waals surface area contributed by atoms with Crippen LogP contribution in [0.1, 0.15) is 6.92 Å². The lowest BCUT2D eigenvalue weighted by Crippen LogP contribution is -2.15. The summed E-state index contributed by atoms with van der Waals surface area (Å²) in [6.07, 6.45) is 1.35. The largest absolute Gasteiger partial charge is 0.463 e. The van der Waals surface area contributed by atoms with E-state index in [1.807, 2.05) is 12.1 Å². The molecule has 18 heavy (non-hydrogen) atoms. The van der Waals surface area contributed by atoms with Crippen molar-refractivity contribution in [2.45, 2.75) is 17.5 Å². The van der Waals surface area contributed by atoms with E-state index in [1.54, 1.807) is 19.1 Å². The van der Waals surface area contributed by atoms with Crippen molar-refractivity contribution >= 4 is 28.6 Å². The zero-order chi connectivity index (χ0) is 13.0. The highest BCUT2D eigenvalue weighted by molar-refractivity contribution is 8.00. The van der Waals surface area contributed by atoms with Crippen LogP contribution in [0.5, 0.6) is 0 Å². The van der Waals surface area contributed by atoms with Gasteiger partial charge in [-0.25, -0.2) is 19.2 Å². The maximum atomic E-state index is 13.6. The quantitative estimate of drug-likeness (QED) is 0.483. The molecule has 0 saturated heterocycles. The molecule has 4 nitrogen and oxygen atoms in total. The standard InChI is InChI=1S/C12H11FN2O2S/c1-2-17-12(16)10(13)18-11-8-5-3-4-6-9(8)14-7-15-11/h3-7,10H,2H2,1H3. The highest BCUT2D eigenvalue weighted by Crippen LogP contribution is 2.28. The normalized spacial score (nSPS) is 12.3. The van der Waals surface area contributed by atoms with E-state index in [9.17, 15) is 9.18 Å². The minimum atomic E-state index is -1.77. The van der Waals surface area contributed by atoms with Crippen molar-refractivity contribution in [3.8, 4) is 0 Å². The van der Waals surface area contributed by atoms with E-state index in [0.717, 1.165) is 17.1 Å². The Kier molecular flexibility index (Phi) is 4.09. The third kappa shape index (κ3) is 2.76. The summed E-state index contributed by atoms with van der Waals surface area (Å²) in [4.78, 5) is 19.3. The molecule has 0 aliphatic heterocycles. The average Bonchev–Trinajstić information content (AvgIpc) is 2.39. The number of thioether (sulfide) groups is 1. The monoisotopic (exact) mass is 266 g/mol. The Morgan fingerprint density at radius 3 is 3.00 bits per heavy atom. The van der Waals surface area contributed by atoms with Crippen LogP contribution < -0.4 is 0 Å². The molecule has 0 radical (unpaired) electrons. The van der Waals surface area contributed by atoms with Gasteiger partial charge in [-0.15, -0.1) is 0 Å². The molecule has 1 aromatic heterocycles. The lowest BCUT2D eigenvalue weighted by Gasteiger charge is -2.08. The SMILES string of the molecule is CCOC(=O)C(F)Sc1ncnc2ccccc12. The summed E-state index contributed by atoms with van der Waals surface area (Å²) in [7, 11) is 0. The Balaban J connectivity index is 2.24. The Hall–Kier alpha value is -1.69. The highest BCUT2D eigenvalue weighted by Gasteiger charge is 2.21. The lowest BCUT2D eigenvalue weighted by atomic mass is 10.2. The van der Waals surface area contributed by atoms with Gasteiger partial charge in [-0.3, -0.25) is 0 Å². The lowest BCUT2D eigenvalue weighted by molar-refractivity contribution is -0.145. The first-order valence-corrected chi connectivity index (χ1v) is 6.27. The molecule has 2 rings (SSSR count). The fourth-order valence-corrected chi connectivity index (χ4v) is 2.20. The van der Waals surface area contributed by atoms with Gasteiger partial charge in [-0.2, -0.15) is 0 Å². The fourth-order valence-electron chi connectivity index (χ4n) is 1.43. The summed E-state index contributed by atoms with van der Waals surface area (Å²) in [5, 5.41) is 1.15. The molecule has 2 aromatic rings. The molecule has 0 spiro atoms. The van der Waals surface area contributed by atoms with Gasteiger partial charge in [0.05, 0.1) is 12.1 Å². The molecule has 1 heterocycles. The number of esters is 1. The van der Waals surface area contributed by atoms with Crippen LogP contribution in [-0.4, -0.2) is 28.0 Å². The number of hydrogen-bond acceptors (Lipinski definition) is 5. The van der Waals surface area contributed by atoms with Crippen LogP contribution in [0.4, 0.5) is 4.39 Å². The molecule has 0 fully saturated rings. The van der Waals surface area contributed by atoms with E-state index in [1.165, 1.54) is 6.33 Å². The molecule has 0 saturated carbocycles. The number of carbonyl (C=O) groups is 1. The first-order chi connectivity index (χ1) is 8.72. The van der Waals surface area contributed by atoms with Gasteiger partial charge in [-0.1, -0.05) is 30.0 Å².